The van der Waals surface area contributed by atoms with Crippen molar-refractivity contribution in [2.45, 2.75) is 58.5 Å². The van der Waals surface area contributed by atoms with E-state index < -0.39 is 0 Å². The molecule has 1 aliphatic rings. The number of thiophene rings is 2. The zero-order valence-electron chi connectivity index (χ0n) is 15.8. The first-order valence-corrected chi connectivity index (χ1v) is 11.9. The molecule has 0 radical (unpaired) electrons. The molecule has 3 nitrogen and oxygen atoms in total. The summed E-state index contributed by atoms with van der Waals surface area (Å²) in [5, 5.41) is 8.43. The van der Waals surface area contributed by atoms with Crippen LogP contribution in [0.1, 0.15) is 50.8 Å². The molecule has 4 rings (SSSR count). The second-order valence-electron chi connectivity index (χ2n) is 6.08. The predicted molar refractivity (Wildman–Crippen MR) is 124 cm³/mol. The maximum absolute atomic E-state index is 6.08. The van der Waals surface area contributed by atoms with Crippen molar-refractivity contribution in [3.63, 3.8) is 0 Å². The average molecular weight is 444 g/mol. The van der Waals surface area contributed by atoms with E-state index >= 15 is 0 Å². The number of rotatable bonds is 3. The van der Waals surface area contributed by atoms with E-state index in [0.29, 0.717) is 16.2 Å². The standard InChI is InChI=1S/C12H8Cl2N2S2.C6H13N.C2H6/c13-8-6-18-12-9(4-10(14)16-11(8)12)15-5-7-2-1-3-17-7;7-6-4-2-1-3-5-6;1-2/h1-4,6H,5H2,(H,15,16);6H,1-5,7H2;1-2H3. The maximum atomic E-state index is 6.08. The smallest absolute Gasteiger partial charge is 0.131 e. The van der Waals surface area contributed by atoms with Gasteiger partial charge in [-0.1, -0.05) is 62.4 Å². The van der Waals surface area contributed by atoms with E-state index in [9.17, 15) is 0 Å². The molecule has 0 saturated heterocycles. The van der Waals surface area contributed by atoms with E-state index in [2.05, 4.69) is 21.7 Å². The zero-order valence-corrected chi connectivity index (χ0v) is 18.9. The summed E-state index contributed by atoms with van der Waals surface area (Å²) in [6.45, 7) is 4.78. The monoisotopic (exact) mass is 443 g/mol. The number of hydrogen-bond donors (Lipinski definition) is 2. The highest BCUT2D eigenvalue weighted by atomic mass is 35.5. The molecule has 1 fully saturated rings. The first-order valence-electron chi connectivity index (χ1n) is 9.38. The minimum absolute atomic E-state index is 0.455. The van der Waals surface area contributed by atoms with Crippen LogP contribution in [0.3, 0.4) is 0 Å². The first kappa shape index (κ1) is 22.4. The van der Waals surface area contributed by atoms with E-state index in [1.807, 2.05) is 31.4 Å². The summed E-state index contributed by atoms with van der Waals surface area (Å²) in [5.74, 6) is 0. The number of nitrogens with one attached hydrogen (secondary N) is 1. The van der Waals surface area contributed by atoms with Gasteiger partial charge >= 0.3 is 0 Å². The van der Waals surface area contributed by atoms with Crippen LogP contribution in [0.2, 0.25) is 10.2 Å². The molecular formula is C20H27Cl2N3S2. The van der Waals surface area contributed by atoms with Crippen LogP contribution in [-0.2, 0) is 6.54 Å². The Bertz CT molecular complexity index is 797. The quantitative estimate of drug-likeness (QED) is 0.409. The lowest BCUT2D eigenvalue weighted by molar-refractivity contribution is 0.441. The van der Waals surface area contributed by atoms with Crippen molar-refractivity contribution in [1.82, 2.24) is 4.98 Å². The number of halogens is 2. The Morgan fingerprint density at radius 3 is 2.52 bits per heavy atom. The van der Waals surface area contributed by atoms with Gasteiger partial charge in [0.2, 0.25) is 0 Å². The van der Waals surface area contributed by atoms with Crippen molar-refractivity contribution in [3.8, 4) is 0 Å². The summed E-state index contributed by atoms with van der Waals surface area (Å²) in [6.07, 6.45) is 6.66. The molecule has 0 bridgehead atoms. The largest absolute Gasteiger partial charge is 0.379 e. The highest BCUT2D eigenvalue weighted by molar-refractivity contribution is 7.18. The van der Waals surface area contributed by atoms with Crippen molar-refractivity contribution < 1.29 is 0 Å². The van der Waals surface area contributed by atoms with Crippen molar-refractivity contribution in [2.75, 3.05) is 5.32 Å². The molecular weight excluding hydrogens is 417 g/mol. The lowest BCUT2D eigenvalue weighted by atomic mass is 9.97. The van der Waals surface area contributed by atoms with Crippen LogP contribution in [0.5, 0.6) is 0 Å². The Morgan fingerprint density at radius 1 is 1.19 bits per heavy atom. The number of pyridine rings is 1. The van der Waals surface area contributed by atoms with Gasteiger partial charge in [0.05, 0.1) is 15.4 Å². The molecule has 1 saturated carbocycles. The maximum Gasteiger partial charge on any atom is 0.131 e. The van der Waals surface area contributed by atoms with Crippen molar-refractivity contribution in [2.24, 2.45) is 5.73 Å². The molecule has 0 aliphatic heterocycles. The number of aromatic nitrogens is 1. The van der Waals surface area contributed by atoms with Crippen LogP contribution in [0.15, 0.2) is 29.0 Å². The fourth-order valence-electron chi connectivity index (χ4n) is 2.81. The van der Waals surface area contributed by atoms with Gasteiger partial charge in [-0.2, -0.15) is 0 Å². The molecule has 3 aromatic heterocycles. The van der Waals surface area contributed by atoms with E-state index in [1.54, 1.807) is 22.7 Å². The molecule has 27 heavy (non-hydrogen) atoms. The number of nitrogens with zero attached hydrogens (tertiary/aromatic N) is 1. The van der Waals surface area contributed by atoms with Gasteiger partial charge in [-0.15, -0.1) is 22.7 Å². The Morgan fingerprint density at radius 2 is 1.93 bits per heavy atom. The molecule has 3 heterocycles. The van der Waals surface area contributed by atoms with Crippen molar-refractivity contribution in [3.05, 3.63) is 44.0 Å². The van der Waals surface area contributed by atoms with Crippen LogP contribution in [0, 0.1) is 0 Å². The lowest BCUT2D eigenvalue weighted by Crippen LogP contribution is -2.22. The van der Waals surface area contributed by atoms with Gasteiger partial charge < -0.3 is 11.1 Å². The van der Waals surface area contributed by atoms with Crippen molar-refractivity contribution in [1.29, 1.82) is 0 Å². The van der Waals surface area contributed by atoms with Gasteiger partial charge in [-0.3, -0.25) is 0 Å². The van der Waals surface area contributed by atoms with E-state index in [0.717, 1.165) is 22.4 Å². The summed E-state index contributed by atoms with van der Waals surface area (Å²) < 4.78 is 1.04. The van der Waals surface area contributed by atoms with E-state index in [-0.39, 0.29) is 0 Å². The van der Waals surface area contributed by atoms with Gasteiger partial charge in [0.15, 0.2) is 0 Å². The summed E-state index contributed by atoms with van der Waals surface area (Å²) in [7, 11) is 0. The number of fused-ring (bicyclic) bond motifs is 1. The van der Waals surface area contributed by atoms with Gasteiger partial charge in [0.25, 0.3) is 0 Å². The molecule has 0 spiro atoms. The molecule has 0 unspecified atom stereocenters. The molecule has 0 aromatic carbocycles. The lowest BCUT2D eigenvalue weighted by Gasteiger charge is -2.15. The molecule has 3 N–H and O–H groups in total. The topological polar surface area (TPSA) is 50.9 Å². The van der Waals surface area contributed by atoms with Crippen molar-refractivity contribution >= 4 is 61.8 Å². The highest BCUT2D eigenvalue weighted by Gasteiger charge is 2.10. The number of nitrogens with two attached hydrogens (primary N) is 1. The normalized spacial score (nSPS) is 14.1. The minimum Gasteiger partial charge on any atom is -0.379 e. The van der Waals surface area contributed by atoms with E-state index in [1.165, 1.54) is 37.0 Å². The highest BCUT2D eigenvalue weighted by Crippen LogP contribution is 2.35. The zero-order chi connectivity index (χ0) is 19.6. The fourth-order valence-corrected chi connectivity index (χ4v) is 4.83. The number of anilines is 1. The van der Waals surface area contributed by atoms with Crippen LogP contribution >= 0.6 is 45.9 Å². The molecule has 0 atom stereocenters. The summed E-state index contributed by atoms with van der Waals surface area (Å²) in [6, 6.07) is 6.51. The molecule has 3 aromatic rings. The Balaban J connectivity index is 0.000000244. The first-order chi connectivity index (χ1) is 13.1. The Kier molecular flexibility index (Phi) is 9.87. The third-order valence-corrected chi connectivity index (χ3v) is 6.62. The molecule has 148 valence electrons. The Labute approximate surface area is 179 Å². The summed E-state index contributed by atoms with van der Waals surface area (Å²) in [4.78, 5) is 5.52. The van der Waals surface area contributed by atoms with Crippen LogP contribution in [-0.4, -0.2) is 11.0 Å². The van der Waals surface area contributed by atoms with Crippen LogP contribution < -0.4 is 11.1 Å². The molecule has 0 amide bonds. The average Bonchev–Trinajstić information content (AvgIpc) is 3.33. The minimum atomic E-state index is 0.455. The second kappa shape index (κ2) is 11.9. The predicted octanol–water partition coefficient (Wildman–Crippen LogP) is 7.58. The third-order valence-electron chi connectivity index (χ3n) is 4.13. The molecule has 7 heteroatoms. The summed E-state index contributed by atoms with van der Waals surface area (Å²) in [5.41, 5.74) is 7.38. The van der Waals surface area contributed by atoms with Gasteiger partial charge in [-0.25, -0.2) is 4.98 Å². The van der Waals surface area contributed by atoms with Gasteiger partial charge in [0, 0.05) is 28.9 Å². The Hall–Kier alpha value is -0.850. The van der Waals surface area contributed by atoms with E-state index in [4.69, 9.17) is 28.9 Å². The molecule has 1 aliphatic carbocycles. The van der Waals surface area contributed by atoms with Crippen LogP contribution in [0.25, 0.3) is 10.2 Å². The third kappa shape index (κ3) is 6.91. The SMILES string of the molecule is CC.Clc1cc(NCc2cccs2)c2scc(Cl)c2n1.NC1CCCCC1. The van der Waals surface area contributed by atoms with Crippen LogP contribution in [0.4, 0.5) is 5.69 Å². The van der Waals surface area contributed by atoms with Gasteiger partial charge in [-0.05, 0) is 24.3 Å². The fraction of sp³-hybridized carbons (Fsp3) is 0.450. The number of hydrogen-bond acceptors (Lipinski definition) is 5. The van der Waals surface area contributed by atoms with Gasteiger partial charge in [0.1, 0.15) is 10.7 Å². The second-order valence-corrected chi connectivity index (χ2v) is 8.79. The summed E-state index contributed by atoms with van der Waals surface area (Å²) >= 11 is 15.4.